The highest BCUT2D eigenvalue weighted by molar-refractivity contribution is 5.95. The van der Waals surface area contributed by atoms with Crippen molar-refractivity contribution in [1.82, 2.24) is 20.1 Å². The van der Waals surface area contributed by atoms with E-state index in [-0.39, 0.29) is 23.6 Å². The van der Waals surface area contributed by atoms with Crippen molar-refractivity contribution in [1.29, 1.82) is 0 Å². The molecule has 3 aromatic rings. The van der Waals surface area contributed by atoms with Gasteiger partial charge in [-0.25, -0.2) is 4.98 Å². The highest BCUT2D eigenvalue weighted by Crippen LogP contribution is 2.29. The first-order valence-corrected chi connectivity index (χ1v) is 9.33. The normalized spacial score (nSPS) is 21.4. The molecule has 0 bridgehead atoms. The van der Waals surface area contributed by atoms with Crippen LogP contribution >= 0.6 is 0 Å². The maximum absolute atomic E-state index is 12.8. The SMILES string of the molecule is O=C(N[C@@H]1CC(Cn2cccn2)C[C@H]1O)c1ncccc1Oc1ccccc1. The zero-order chi connectivity index (χ0) is 19.3. The number of carbonyl (C=O) groups excluding carboxylic acids is 1. The van der Waals surface area contributed by atoms with Gasteiger partial charge >= 0.3 is 0 Å². The van der Waals surface area contributed by atoms with Gasteiger partial charge in [-0.1, -0.05) is 18.2 Å². The molecule has 7 heteroatoms. The Hall–Kier alpha value is -3.19. The lowest BCUT2D eigenvalue weighted by Gasteiger charge is -2.17. The van der Waals surface area contributed by atoms with Crippen LogP contribution in [-0.4, -0.2) is 37.9 Å². The number of aliphatic hydroxyl groups is 1. The zero-order valence-electron chi connectivity index (χ0n) is 15.3. The van der Waals surface area contributed by atoms with E-state index < -0.39 is 6.10 Å². The Morgan fingerprint density at radius 3 is 2.79 bits per heavy atom. The summed E-state index contributed by atoms with van der Waals surface area (Å²) in [5.74, 6) is 0.913. The predicted molar refractivity (Wildman–Crippen MR) is 103 cm³/mol. The van der Waals surface area contributed by atoms with Crippen molar-refractivity contribution in [3.63, 3.8) is 0 Å². The fourth-order valence-electron chi connectivity index (χ4n) is 3.59. The molecule has 2 N–H and O–H groups in total. The summed E-state index contributed by atoms with van der Waals surface area (Å²) >= 11 is 0. The van der Waals surface area contributed by atoms with Gasteiger partial charge in [-0.15, -0.1) is 0 Å². The average molecular weight is 378 g/mol. The molecule has 1 amide bonds. The summed E-state index contributed by atoms with van der Waals surface area (Å²) in [6.45, 7) is 0.725. The molecule has 28 heavy (non-hydrogen) atoms. The van der Waals surface area contributed by atoms with Crippen LogP contribution < -0.4 is 10.1 Å². The predicted octanol–water partition coefficient (Wildman–Crippen LogP) is 2.64. The van der Waals surface area contributed by atoms with E-state index >= 15 is 0 Å². The third kappa shape index (κ3) is 4.20. The summed E-state index contributed by atoms with van der Waals surface area (Å²) in [5, 5.41) is 17.5. The van der Waals surface area contributed by atoms with Gasteiger partial charge in [-0.3, -0.25) is 9.48 Å². The molecule has 1 saturated carbocycles. The molecule has 2 heterocycles. The quantitative estimate of drug-likeness (QED) is 0.688. The second-order valence-electron chi connectivity index (χ2n) is 6.98. The summed E-state index contributed by atoms with van der Waals surface area (Å²) in [6.07, 6.45) is 5.92. The molecule has 2 aromatic heterocycles. The third-order valence-corrected chi connectivity index (χ3v) is 4.90. The van der Waals surface area contributed by atoms with Crippen molar-refractivity contribution in [3.8, 4) is 11.5 Å². The molecule has 1 fully saturated rings. The highest BCUT2D eigenvalue weighted by Gasteiger charge is 2.35. The smallest absolute Gasteiger partial charge is 0.274 e. The fraction of sp³-hybridized carbons (Fsp3) is 0.286. The van der Waals surface area contributed by atoms with Gasteiger partial charge < -0.3 is 15.2 Å². The van der Waals surface area contributed by atoms with Crippen LogP contribution in [0.5, 0.6) is 11.5 Å². The van der Waals surface area contributed by atoms with E-state index in [0.29, 0.717) is 24.3 Å². The largest absolute Gasteiger partial charge is 0.455 e. The summed E-state index contributed by atoms with van der Waals surface area (Å²) in [6, 6.07) is 14.2. The molecule has 4 rings (SSSR count). The van der Waals surface area contributed by atoms with Crippen LogP contribution in [0.25, 0.3) is 0 Å². The number of aliphatic hydroxyl groups excluding tert-OH is 1. The van der Waals surface area contributed by atoms with Crippen LogP contribution in [0, 0.1) is 5.92 Å². The molecule has 0 saturated heterocycles. The average Bonchev–Trinajstić information content (AvgIpc) is 3.33. The Morgan fingerprint density at radius 1 is 1.14 bits per heavy atom. The number of hydrogen-bond acceptors (Lipinski definition) is 5. The molecule has 1 unspecified atom stereocenters. The Bertz CT molecular complexity index is 914. The number of nitrogens with zero attached hydrogens (tertiary/aromatic N) is 3. The third-order valence-electron chi connectivity index (χ3n) is 4.90. The lowest BCUT2D eigenvalue weighted by Crippen LogP contribution is -2.40. The van der Waals surface area contributed by atoms with Gasteiger partial charge in [-0.05, 0) is 49.1 Å². The van der Waals surface area contributed by atoms with E-state index in [9.17, 15) is 9.90 Å². The minimum atomic E-state index is -0.591. The van der Waals surface area contributed by atoms with Crippen LogP contribution in [0.2, 0.25) is 0 Å². The van der Waals surface area contributed by atoms with Gasteiger partial charge in [0.1, 0.15) is 5.75 Å². The maximum Gasteiger partial charge on any atom is 0.274 e. The van der Waals surface area contributed by atoms with Crippen molar-refractivity contribution in [3.05, 3.63) is 72.8 Å². The van der Waals surface area contributed by atoms with E-state index in [1.807, 2.05) is 47.3 Å². The number of carbonyl (C=O) groups is 1. The molecule has 0 spiro atoms. The van der Waals surface area contributed by atoms with E-state index in [1.165, 1.54) is 0 Å². The summed E-state index contributed by atoms with van der Waals surface area (Å²) in [7, 11) is 0. The lowest BCUT2D eigenvalue weighted by atomic mass is 10.1. The molecule has 3 atom stereocenters. The van der Waals surface area contributed by atoms with Gasteiger partial charge in [0.15, 0.2) is 11.4 Å². The maximum atomic E-state index is 12.8. The standard InChI is InChI=1S/C21H22N4O3/c26-18-13-15(14-25-11-5-10-23-25)12-17(18)24-21(27)20-19(8-4-9-22-20)28-16-6-2-1-3-7-16/h1-11,15,17-18,26H,12-14H2,(H,24,27)/t15?,17-,18-/m1/s1. The molecule has 7 nitrogen and oxygen atoms in total. The molecule has 1 aromatic carbocycles. The van der Waals surface area contributed by atoms with Gasteiger partial charge in [0.2, 0.25) is 0 Å². The van der Waals surface area contributed by atoms with Crippen LogP contribution in [0.4, 0.5) is 0 Å². The lowest BCUT2D eigenvalue weighted by molar-refractivity contribution is 0.0865. The number of amides is 1. The van der Waals surface area contributed by atoms with Crippen molar-refractivity contribution in [2.45, 2.75) is 31.5 Å². The molecule has 0 aliphatic heterocycles. The number of benzene rings is 1. The minimum Gasteiger partial charge on any atom is -0.455 e. The molecular weight excluding hydrogens is 356 g/mol. The van der Waals surface area contributed by atoms with Gasteiger partial charge in [0.25, 0.3) is 5.91 Å². The van der Waals surface area contributed by atoms with Crippen LogP contribution in [0.3, 0.4) is 0 Å². The van der Waals surface area contributed by atoms with Crippen molar-refractivity contribution < 1.29 is 14.6 Å². The fourth-order valence-corrected chi connectivity index (χ4v) is 3.59. The zero-order valence-corrected chi connectivity index (χ0v) is 15.3. The first kappa shape index (κ1) is 18.2. The van der Waals surface area contributed by atoms with Crippen molar-refractivity contribution in [2.75, 3.05) is 0 Å². The molecule has 144 valence electrons. The Kier molecular flexibility index (Phi) is 5.34. The summed E-state index contributed by atoms with van der Waals surface area (Å²) in [4.78, 5) is 17.0. The number of nitrogens with one attached hydrogen (secondary N) is 1. The van der Waals surface area contributed by atoms with Crippen molar-refractivity contribution in [2.24, 2.45) is 5.92 Å². The topological polar surface area (TPSA) is 89.3 Å². The molecule has 0 radical (unpaired) electrons. The molecular formula is C21H22N4O3. The van der Waals surface area contributed by atoms with Crippen LogP contribution in [-0.2, 0) is 6.54 Å². The second kappa shape index (κ2) is 8.22. The van der Waals surface area contributed by atoms with E-state index in [1.54, 1.807) is 24.5 Å². The van der Waals surface area contributed by atoms with E-state index in [0.717, 1.165) is 6.54 Å². The Morgan fingerprint density at radius 2 is 2.00 bits per heavy atom. The molecule has 1 aliphatic rings. The van der Waals surface area contributed by atoms with Crippen LogP contribution in [0.1, 0.15) is 23.3 Å². The van der Waals surface area contributed by atoms with Gasteiger partial charge in [0, 0.05) is 25.1 Å². The van der Waals surface area contributed by atoms with Gasteiger partial charge in [0.05, 0.1) is 12.1 Å². The number of para-hydroxylation sites is 1. The highest BCUT2D eigenvalue weighted by atomic mass is 16.5. The summed E-state index contributed by atoms with van der Waals surface area (Å²) < 4.78 is 7.67. The van der Waals surface area contributed by atoms with E-state index in [4.69, 9.17) is 4.74 Å². The number of hydrogen-bond donors (Lipinski definition) is 2. The number of pyridine rings is 1. The first-order chi connectivity index (χ1) is 13.7. The summed E-state index contributed by atoms with van der Waals surface area (Å²) in [5.41, 5.74) is 0.203. The van der Waals surface area contributed by atoms with Gasteiger partial charge in [-0.2, -0.15) is 5.10 Å². The number of ether oxygens (including phenoxy) is 1. The second-order valence-corrected chi connectivity index (χ2v) is 6.98. The van der Waals surface area contributed by atoms with Crippen molar-refractivity contribution >= 4 is 5.91 Å². The Balaban J connectivity index is 1.42. The number of rotatable bonds is 6. The molecule has 1 aliphatic carbocycles. The first-order valence-electron chi connectivity index (χ1n) is 9.33. The van der Waals surface area contributed by atoms with E-state index in [2.05, 4.69) is 15.4 Å². The van der Waals surface area contributed by atoms with Crippen LogP contribution in [0.15, 0.2) is 67.1 Å². The minimum absolute atomic E-state index is 0.203. The monoisotopic (exact) mass is 378 g/mol. The number of aromatic nitrogens is 3. The Labute approximate surface area is 163 Å².